The first-order chi connectivity index (χ1) is 6.65. The first-order valence-corrected chi connectivity index (χ1v) is 4.98. The zero-order valence-corrected chi connectivity index (χ0v) is 8.22. The van der Waals surface area contributed by atoms with Crippen LogP contribution in [-0.4, -0.2) is 52.9 Å². The summed E-state index contributed by atoms with van der Waals surface area (Å²) < 4.78 is 0. The predicted octanol–water partition coefficient (Wildman–Crippen LogP) is -0.755. The lowest BCUT2D eigenvalue weighted by Gasteiger charge is -2.35. The Morgan fingerprint density at radius 1 is 1.57 bits per heavy atom. The number of nitrogens with zero attached hydrogens (tertiary/aromatic N) is 1. The Labute approximate surface area is 83.5 Å². The maximum atomic E-state index is 10.6. The monoisotopic (exact) mass is 202 g/mol. The largest absolute Gasteiger partial charge is 0.480 e. The van der Waals surface area contributed by atoms with Crippen molar-refractivity contribution >= 4 is 5.97 Å². The molecule has 0 saturated carbocycles. The molecule has 5 heteroatoms. The summed E-state index contributed by atoms with van der Waals surface area (Å²) in [6, 6.07) is -0.753. The van der Waals surface area contributed by atoms with Gasteiger partial charge in [0.25, 0.3) is 0 Å². The molecule has 1 fully saturated rings. The number of hydrogen-bond acceptors (Lipinski definition) is 4. The third-order valence-corrected chi connectivity index (χ3v) is 2.71. The minimum Gasteiger partial charge on any atom is -0.480 e. The van der Waals surface area contributed by atoms with E-state index in [2.05, 4.69) is 0 Å². The van der Waals surface area contributed by atoms with Gasteiger partial charge in [0, 0.05) is 12.6 Å². The van der Waals surface area contributed by atoms with Gasteiger partial charge >= 0.3 is 5.97 Å². The topological polar surface area (TPSA) is 86.8 Å². The number of hydrogen-bond donors (Lipinski definition) is 3. The second-order valence-electron chi connectivity index (χ2n) is 3.77. The molecule has 82 valence electrons. The zero-order chi connectivity index (χ0) is 10.6. The van der Waals surface area contributed by atoms with Crippen LogP contribution in [0.4, 0.5) is 0 Å². The first kappa shape index (κ1) is 11.4. The standard InChI is InChI=1S/C9H18N2O3/c10-8(9(13)14)5-11-4-2-1-3-7(11)6-12/h7-8,12H,1-6,10H2,(H,13,14). The lowest BCUT2D eigenvalue weighted by Crippen LogP contribution is -2.50. The van der Waals surface area contributed by atoms with Gasteiger partial charge in [0.15, 0.2) is 0 Å². The van der Waals surface area contributed by atoms with Crippen molar-refractivity contribution in [1.82, 2.24) is 4.90 Å². The normalized spacial score (nSPS) is 26.0. The van der Waals surface area contributed by atoms with E-state index in [1.165, 1.54) is 0 Å². The van der Waals surface area contributed by atoms with Gasteiger partial charge in [-0.3, -0.25) is 9.69 Å². The third-order valence-electron chi connectivity index (χ3n) is 2.71. The molecule has 5 nitrogen and oxygen atoms in total. The van der Waals surface area contributed by atoms with Crippen LogP contribution in [0.15, 0.2) is 0 Å². The molecule has 1 rings (SSSR count). The van der Waals surface area contributed by atoms with Crippen molar-refractivity contribution in [2.24, 2.45) is 5.73 Å². The lowest BCUT2D eigenvalue weighted by molar-refractivity contribution is -0.139. The summed E-state index contributed by atoms with van der Waals surface area (Å²) in [7, 11) is 0. The number of carboxylic acids is 1. The number of aliphatic carboxylic acids is 1. The van der Waals surface area contributed by atoms with Gasteiger partial charge in [0.2, 0.25) is 0 Å². The van der Waals surface area contributed by atoms with Gasteiger partial charge in [0.1, 0.15) is 6.04 Å². The summed E-state index contributed by atoms with van der Waals surface area (Å²) in [4.78, 5) is 12.5. The van der Waals surface area contributed by atoms with Gasteiger partial charge in [-0.2, -0.15) is 0 Å². The molecule has 1 heterocycles. The van der Waals surface area contributed by atoms with E-state index in [9.17, 15) is 4.79 Å². The van der Waals surface area contributed by atoms with Crippen molar-refractivity contribution in [2.45, 2.75) is 31.3 Å². The number of likely N-dealkylation sites (tertiary alicyclic amines) is 1. The van der Waals surface area contributed by atoms with Crippen LogP contribution < -0.4 is 5.73 Å². The van der Waals surface area contributed by atoms with Gasteiger partial charge < -0.3 is 15.9 Å². The van der Waals surface area contributed by atoms with Crippen LogP contribution in [-0.2, 0) is 4.79 Å². The molecule has 1 aliphatic heterocycles. The van der Waals surface area contributed by atoms with Crippen LogP contribution in [0, 0.1) is 0 Å². The van der Waals surface area contributed by atoms with Crippen LogP contribution in [0.25, 0.3) is 0 Å². The fourth-order valence-electron chi connectivity index (χ4n) is 1.84. The average Bonchev–Trinajstić information content (AvgIpc) is 2.18. The Balaban J connectivity index is 2.44. The van der Waals surface area contributed by atoms with Crippen LogP contribution in [0.2, 0.25) is 0 Å². The smallest absolute Gasteiger partial charge is 0.321 e. The molecule has 0 bridgehead atoms. The van der Waals surface area contributed by atoms with Crippen molar-refractivity contribution < 1.29 is 15.0 Å². The maximum Gasteiger partial charge on any atom is 0.321 e. The number of aliphatic hydroxyl groups is 1. The highest BCUT2D eigenvalue weighted by atomic mass is 16.4. The van der Waals surface area contributed by atoms with Gasteiger partial charge in [-0.25, -0.2) is 0 Å². The second kappa shape index (κ2) is 5.29. The molecule has 2 unspecified atom stereocenters. The van der Waals surface area contributed by atoms with E-state index in [0.717, 1.165) is 25.8 Å². The van der Waals surface area contributed by atoms with E-state index < -0.39 is 12.0 Å². The Hall–Kier alpha value is -0.650. The fraction of sp³-hybridized carbons (Fsp3) is 0.889. The predicted molar refractivity (Wildman–Crippen MR) is 51.9 cm³/mol. The number of carbonyl (C=O) groups is 1. The first-order valence-electron chi connectivity index (χ1n) is 4.98. The Morgan fingerprint density at radius 2 is 2.29 bits per heavy atom. The van der Waals surface area contributed by atoms with Gasteiger partial charge in [-0.15, -0.1) is 0 Å². The molecule has 2 atom stereocenters. The van der Waals surface area contributed by atoms with Crippen molar-refractivity contribution in [1.29, 1.82) is 0 Å². The second-order valence-corrected chi connectivity index (χ2v) is 3.77. The summed E-state index contributed by atoms with van der Waals surface area (Å²) in [6.45, 7) is 1.26. The molecular weight excluding hydrogens is 184 g/mol. The van der Waals surface area contributed by atoms with Gasteiger partial charge in [-0.1, -0.05) is 6.42 Å². The van der Waals surface area contributed by atoms with Crippen molar-refractivity contribution in [3.05, 3.63) is 0 Å². The molecule has 0 amide bonds. The Bertz CT molecular complexity index is 198. The van der Waals surface area contributed by atoms with Crippen LogP contribution >= 0.6 is 0 Å². The summed E-state index contributed by atoms with van der Waals surface area (Å²) in [6.07, 6.45) is 3.09. The summed E-state index contributed by atoms with van der Waals surface area (Å²) >= 11 is 0. The number of carboxylic acid groups (broad SMARTS) is 1. The zero-order valence-electron chi connectivity index (χ0n) is 8.22. The van der Waals surface area contributed by atoms with Crippen molar-refractivity contribution in [2.75, 3.05) is 19.7 Å². The highest BCUT2D eigenvalue weighted by Crippen LogP contribution is 2.16. The number of piperidine rings is 1. The van der Waals surface area contributed by atoms with Gasteiger partial charge in [-0.05, 0) is 19.4 Å². The molecule has 0 aromatic rings. The summed E-state index contributed by atoms with van der Waals surface area (Å²) in [5.41, 5.74) is 5.44. The van der Waals surface area contributed by atoms with Crippen molar-refractivity contribution in [3.8, 4) is 0 Å². The minimum atomic E-state index is -0.979. The van der Waals surface area contributed by atoms with E-state index in [1.54, 1.807) is 0 Å². The molecule has 0 spiro atoms. The highest BCUT2D eigenvalue weighted by molar-refractivity contribution is 5.73. The highest BCUT2D eigenvalue weighted by Gasteiger charge is 2.25. The van der Waals surface area contributed by atoms with E-state index >= 15 is 0 Å². The molecule has 0 aromatic heterocycles. The lowest BCUT2D eigenvalue weighted by atomic mass is 10.0. The molecule has 1 aliphatic rings. The molecule has 0 aliphatic carbocycles. The summed E-state index contributed by atoms with van der Waals surface area (Å²) in [5.74, 6) is -0.979. The molecule has 14 heavy (non-hydrogen) atoms. The minimum absolute atomic E-state index is 0.0896. The fourth-order valence-corrected chi connectivity index (χ4v) is 1.84. The van der Waals surface area contributed by atoms with E-state index in [0.29, 0.717) is 6.54 Å². The number of rotatable bonds is 4. The van der Waals surface area contributed by atoms with Crippen LogP contribution in [0.5, 0.6) is 0 Å². The van der Waals surface area contributed by atoms with Crippen LogP contribution in [0.1, 0.15) is 19.3 Å². The molecule has 0 aromatic carbocycles. The summed E-state index contributed by atoms with van der Waals surface area (Å²) in [5, 5.41) is 17.7. The van der Waals surface area contributed by atoms with E-state index in [4.69, 9.17) is 15.9 Å². The average molecular weight is 202 g/mol. The van der Waals surface area contributed by atoms with E-state index in [-0.39, 0.29) is 12.6 Å². The van der Waals surface area contributed by atoms with E-state index in [1.807, 2.05) is 4.90 Å². The molecule has 0 radical (unpaired) electrons. The number of nitrogens with two attached hydrogens (primary N) is 1. The number of aliphatic hydroxyl groups excluding tert-OH is 1. The van der Waals surface area contributed by atoms with Crippen LogP contribution in [0.3, 0.4) is 0 Å². The third kappa shape index (κ3) is 2.94. The molecule has 1 saturated heterocycles. The quantitative estimate of drug-likeness (QED) is 0.558. The molecular formula is C9H18N2O3. The Morgan fingerprint density at radius 3 is 2.86 bits per heavy atom. The molecule has 4 N–H and O–H groups in total. The Kier molecular flexibility index (Phi) is 4.31. The SMILES string of the molecule is NC(CN1CCCCC1CO)C(=O)O. The van der Waals surface area contributed by atoms with Crippen molar-refractivity contribution in [3.63, 3.8) is 0 Å². The maximum absolute atomic E-state index is 10.6. The van der Waals surface area contributed by atoms with Gasteiger partial charge in [0.05, 0.1) is 6.61 Å².